The van der Waals surface area contributed by atoms with Crippen LogP contribution < -0.4 is 10.6 Å². The summed E-state index contributed by atoms with van der Waals surface area (Å²) < 4.78 is 5.45. The van der Waals surface area contributed by atoms with Crippen molar-refractivity contribution in [1.29, 1.82) is 0 Å². The van der Waals surface area contributed by atoms with Gasteiger partial charge in [-0.1, -0.05) is 6.92 Å². The van der Waals surface area contributed by atoms with Crippen molar-refractivity contribution in [2.45, 2.75) is 32.3 Å². The van der Waals surface area contributed by atoms with Gasteiger partial charge in [0.25, 0.3) is 0 Å². The van der Waals surface area contributed by atoms with E-state index in [4.69, 9.17) is 4.74 Å². The SMILES string of the molecule is CCC1(CNCC2CNCC2O)CCOCC1.Cl. The van der Waals surface area contributed by atoms with Crippen molar-refractivity contribution in [3.63, 3.8) is 0 Å². The van der Waals surface area contributed by atoms with E-state index in [0.29, 0.717) is 11.3 Å². The molecule has 2 fully saturated rings. The standard InChI is InChI=1S/C13H26N2O2.ClH/c1-2-13(3-5-17-6-4-13)10-15-8-11-7-14-9-12(11)16;/h11-12,14-16H,2-10H2,1H3;1H. The molecular formula is C13H27ClN2O2. The summed E-state index contributed by atoms with van der Waals surface area (Å²) in [5.74, 6) is 0.378. The third kappa shape index (κ3) is 4.07. The fourth-order valence-corrected chi connectivity index (χ4v) is 2.91. The molecule has 2 unspecified atom stereocenters. The third-order valence-corrected chi connectivity index (χ3v) is 4.51. The average molecular weight is 279 g/mol. The fourth-order valence-electron chi connectivity index (χ4n) is 2.91. The van der Waals surface area contributed by atoms with Crippen molar-refractivity contribution in [2.24, 2.45) is 11.3 Å². The summed E-state index contributed by atoms with van der Waals surface area (Å²) in [6.45, 7) is 7.77. The van der Waals surface area contributed by atoms with E-state index in [1.54, 1.807) is 0 Å². The third-order valence-electron chi connectivity index (χ3n) is 4.51. The molecule has 108 valence electrons. The lowest BCUT2D eigenvalue weighted by Crippen LogP contribution is -2.41. The molecule has 2 atom stereocenters. The van der Waals surface area contributed by atoms with E-state index in [1.807, 2.05) is 0 Å². The summed E-state index contributed by atoms with van der Waals surface area (Å²) in [5, 5.41) is 16.5. The molecule has 2 aliphatic rings. The molecule has 0 radical (unpaired) electrons. The summed E-state index contributed by atoms with van der Waals surface area (Å²) in [6, 6.07) is 0. The van der Waals surface area contributed by atoms with Gasteiger partial charge < -0.3 is 20.5 Å². The number of β-amino-alcohol motifs (C(OH)–C–C–N with tert-alkyl or cyclic N) is 1. The fraction of sp³-hybridized carbons (Fsp3) is 1.00. The minimum Gasteiger partial charge on any atom is -0.391 e. The Kier molecular flexibility index (Phi) is 6.88. The second kappa shape index (κ2) is 7.65. The van der Waals surface area contributed by atoms with Crippen LogP contribution in [0.1, 0.15) is 26.2 Å². The Bertz CT molecular complexity index is 235. The van der Waals surface area contributed by atoms with Gasteiger partial charge in [0, 0.05) is 45.3 Å². The van der Waals surface area contributed by atoms with Crippen LogP contribution in [0.3, 0.4) is 0 Å². The van der Waals surface area contributed by atoms with Gasteiger partial charge in [0.05, 0.1) is 6.10 Å². The highest BCUT2D eigenvalue weighted by Gasteiger charge is 2.31. The molecular weight excluding hydrogens is 252 g/mol. The number of hydrogen-bond acceptors (Lipinski definition) is 4. The molecule has 0 amide bonds. The van der Waals surface area contributed by atoms with Crippen molar-refractivity contribution in [3.8, 4) is 0 Å². The first-order valence-electron chi connectivity index (χ1n) is 6.93. The Morgan fingerprint density at radius 3 is 2.61 bits per heavy atom. The molecule has 0 aromatic carbocycles. The first kappa shape index (κ1) is 16.2. The van der Waals surface area contributed by atoms with Gasteiger partial charge in [0.15, 0.2) is 0 Å². The van der Waals surface area contributed by atoms with Gasteiger partial charge >= 0.3 is 0 Å². The minimum absolute atomic E-state index is 0. The maximum absolute atomic E-state index is 9.72. The van der Waals surface area contributed by atoms with Crippen molar-refractivity contribution in [3.05, 3.63) is 0 Å². The topological polar surface area (TPSA) is 53.5 Å². The predicted molar refractivity (Wildman–Crippen MR) is 75.3 cm³/mol. The molecule has 4 nitrogen and oxygen atoms in total. The van der Waals surface area contributed by atoms with Gasteiger partial charge in [-0.2, -0.15) is 0 Å². The molecule has 0 aromatic heterocycles. The molecule has 0 spiro atoms. The molecule has 18 heavy (non-hydrogen) atoms. The number of ether oxygens (including phenoxy) is 1. The van der Waals surface area contributed by atoms with Gasteiger partial charge in [-0.3, -0.25) is 0 Å². The Morgan fingerprint density at radius 2 is 2.06 bits per heavy atom. The maximum atomic E-state index is 9.72. The second-order valence-corrected chi connectivity index (χ2v) is 5.58. The van der Waals surface area contributed by atoms with Crippen LogP contribution in [-0.4, -0.2) is 50.6 Å². The van der Waals surface area contributed by atoms with Gasteiger partial charge in [-0.25, -0.2) is 0 Å². The normalized spacial score (nSPS) is 31.0. The summed E-state index contributed by atoms with van der Waals surface area (Å²) in [6.07, 6.45) is 3.38. The quantitative estimate of drug-likeness (QED) is 0.696. The van der Waals surface area contributed by atoms with Crippen LogP contribution in [0.15, 0.2) is 0 Å². The van der Waals surface area contributed by atoms with Crippen LogP contribution in [-0.2, 0) is 4.74 Å². The van der Waals surface area contributed by atoms with Crippen molar-refractivity contribution in [1.82, 2.24) is 10.6 Å². The second-order valence-electron chi connectivity index (χ2n) is 5.58. The minimum atomic E-state index is -0.172. The van der Waals surface area contributed by atoms with Crippen LogP contribution in [0.4, 0.5) is 0 Å². The smallest absolute Gasteiger partial charge is 0.0716 e. The van der Waals surface area contributed by atoms with Gasteiger partial charge in [-0.15, -0.1) is 12.4 Å². The van der Waals surface area contributed by atoms with Crippen LogP contribution in [0.2, 0.25) is 0 Å². The van der Waals surface area contributed by atoms with Crippen molar-refractivity contribution >= 4 is 12.4 Å². The summed E-state index contributed by atoms with van der Waals surface area (Å²) >= 11 is 0. The highest BCUT2D eigenvalue weighted by Crippen LogP contribution is 2.33. The molecule has 2 heterocycles. The summed E-state index contributed by atoms with van der Waals surface area (Å²) in [7, 11) is 0. The Morgan fingerprint density at radius 1 is 1.33 bits per heavy atom. The number of aliphatic hydroxyl groups excluding tert-OH is 1. The monoisotopic (exact) mass is 278 g/mol. The first-order chi connectivity index (χ1) is 8.26. The highest BCUT2D eigenvalue weighted by molar-refractivity contribution is 5.85. The highest BCUT2D eigenvalue weighted by atomic mass is 35.5. The summed E-state index contributed by atoms with van der Waals surface area (Å²) in [4.78, 5) is 0. The zero-order chi connectivity index (χ0) is 12.1. The van der Waals surface area contributed by atoms with E-state index >= 15 is 0 Å². The molecule has 5 heteroatoms. The Balaban J connectivity index is 0.00000162. The molecule has 0 aromatic rings. The largest absolute Gasteiger partial charge is 0.391 e. The number of hydrogen-bond donors (Lipinski definition) is 3. The predicted octanol–water partition coefficient (Wildman–Crippen LogP) is 0.785. The van der Waals surface area contributed by atoms with Gasteiger partial charge in [0.1, 0.15) is 0 Å². The number of halogens is 1. The molecule has 2 saturated heterocycles. The van der Waals surface area contributed by atoms with Gasteiger partial charge in [-0.05, 0) is 24.7 Å². The van der Waals surface area contributed by atoms with Crippen LogP contribution >= 0.6 is 12.4 Å². The van der Waals surface area contributed by atoms with Crippen LogP contribution in [0.25, 0.3) is 0 Å². The van der Waals surface area contributed by atoms with E-state index in [0.717, 1.165) is 39.4 Å². The molecule has 2 aliphatic heterocycles. The molecule has 0 saturated carbocycles. The average Bonchev–Trinajstić information content (AvgIpc) is 2.76. The zero-order valence-corrected chi connectivity index (χ0v) is 12.1. The number of nitrogens with one attached hydrogen (secondary N) is 2. The van der Waals surface area contributed by atoms with Crippen LogP contribution in [0, 0.1) is 11.3 Å². The Labute approximate surface area is 116 Å². The Hall–Kier alpha value is 0.130. The lowest BCUT2D eigenvalue weighted by molar-refractivity contribution is 0.0119. The molecule has 0 aliphatic carbocycles. The van der Waals surface area contributed by atoms with E-state index in [2.05, 4.69) is 17.6 Å². The molecule has 3 N–H and O–H groups in total. The van der Waals surface area contributed by atoms with E-state index in [-0.39, 0.29) is 18.5 Å². The molecule has 0 bridgehead atoms. The summed E-state index contributed by atoms with van der Waals surface area (Å²) in [5.41, 5.74) is 0.426. The lowest BCUT2D eigenvalue weighted by Gasteiger charge is -2.37. The number of aliphatic hydroxyl groups is 1. The number of rotatable bonds is 5. The van der Waals surface area contributed by atoms with Crippen molar-refractivity contribution in [2.75, 3.05) is 39.4 Å². The maximum Gasteiger partial charge on any atom is 0.0716 e. The molecule has 2 rings (SSSR count). The zero-order valence-electron chi connectivity index (χ0n) is 11.3. The lowest BCUT2D eigenvalue weighted by atomic mass is 9.78. The van der Waals surface area contributed by atoms with Crippen molar-refractivity contribution < 1.29 is 9.84 Å². The first-order valence-corrected chi connectivity index (χ1v) is 6.93. The van der Waals surface area contributed by atoms with E-state index < -0.39 is 0 Å². The van der Waals surface area contributed by atoms with Crippen LogP contribution in [0.5, 0.6) is 0 Å². The van der Waals surface area contributed by atoms with Gasteiger partial charge in [0.2, 0.25) is 0 Å². The van der Waals surface area contributed by atoms with E-state index in [9.17, 15) is 5.11 Å². The van der Waals surface area contributed by atoms with E-state index in [1.165, 1.54) is 19.3 Å².